The predicted octanol–water partition coefficient (Wildman–Crippen LogP) is 2.17. The van der Waals surface area contributed by atoms with Gasteiger partial charge in [0.05, 0.1) is 0 Å². The summed E-state index contributed by atoms with van der Waals surface area (Å²) in [6.45, 7) is 2.00. The van der Waals surface area contributed by atoms with Gasteiger partial charge >= 0.3 is 5.97 Å². The number of rotatable bonds is 2. The third kappa shape index (κ3) is 4.10. The van der Waals surface area contributed by atoms with Gasteiger partial charge in [-0.25, -0.2) is 9.78 Å². The maximum absolute atomic E-state index is 11.3. The van der Waals surface area contributed by atoms with Crippen molar-refractivity contribution in [3.8, 4) is 12.0 Å². The van der Waals surface area contributed by atoms with Crippen molar-refractivity contribution in [3.05, 3.63) is 42.2 Å². The molecule has 0 atom stereocenters. The molecule has 3 heteroatoms. The Labute approximate surface area is 88.8 Å². The standard InChI is InChI=1S/C12H11NO2/c1-2-3-4-7-10-15-12(14)11-8-5-6-9-13-11/h3-6,8-9H,2H2,1H3/b4-3+. The highest BCUT2D eigenvalue weighted by Crippen LogP contribution is 1.95. The lowest BCUT2D eigenvalue weighted by atomic mass is 10.4. The van der Waals surface area contributed by atoms with Crippen LogP contribution >= 0.6 is 0 Å². The predicted molar refractivity (Wildman–Crippen MR) is 56.9 cm³/mol. The molecule has 1 rings (SSSR count). The molecule has 0 saturated carbocycles. The first-order valence-corrected chi connectivity index (χ1v) is 4.62. The van der Waals surface area contributed by atoms with Crippen LogP contribution in [-0.4, -0.2) is 11.0 Å². The van der Waals surface area contributed by atoms with Gasteiger partial charge in [-0.1, -0.05) is 19.1 Å². The van der Waals surface area contributed by atoms with Crippen LogP contribution in [0, 0.1) is 12.0 Å². The summed E-state index contributed by atoms with van der Waals surface area (Å²) in [4.78, 5) is 15.1. The highest BCUT2D eigenvalue weighted by Gasteiger charge is 2.05. The summed E-state index contributed by atoms with van der Waals surface area (Å²) in [7, 11) is 0. The lowest BCUT2D eigenvalue weighted by molar-refractivity contribution is 0.0684. The molecule has 0 aromatic carbocycles. The fourth-order valence-corrected chi connectivity index (χ4v) is 0.822. The van der Waals surface area contributed by atoms with E-state index in [-0.39, 0.29) is 5.69 Å². The Morgan fingerprint density at radius 1 is 1.60 bits per heavy atom. The van der Waals surface area contributed by atoms with Crippen LogP contribution in [0.1, 0.15) is 23.8 Å². The van der Waals surface area contributed by atoms with Gasteiger partial charge in [0.2, 0.25) is 0 Å². The van der Waals surface area contributed by atoms with Crippen LogP contribution in [0.4, 0.5) is 0 Å². The van der Waals surface area contributed by atoms with E-state index in [1.165, 1.54) is 6.20 Å². The number of esters is 1. The Morgan fingerprint density at radius 3 is 3.13 bits per heavy atom. The van der Waals surface area contributed by atoms with E-state index in [0.29, 0.717) is 0 Å². The summed E-state index contributed by atoms with van der Waals surface area (Å²) >= 11 is 0. The lowest BCUT2D eigenvalue weighted by Crippen LogP contribution is -2.02. The second kappa shape index (κ2) is 6.39. The second-order valence-electron chi connectivity index (χ2n) is 2.66. The molecule has 0 N–H and O–H groups in total. The quantitative estimate of drug-likeness (QED) is 0.543. The first kappa shape index (κ1) is 11.0. The summed E-state index contributed by atoms with van der Waals surface area (Å²) in [6.07, 6.45) is 8.25. The van der Waals surface area contributed by atoms with Crippen molar-refractivity contribution >= 4 is 5.97 Å². The number of ether oxygens (including phenoxy) is 1. The van der Waals surface area contributed by atoms with Crippen molar-refractivity contribution in [1.29, 1.82) is 0 Å². The van der Waals surface area contributed by atoms with Crippen molar-refractivity contribution in [3.63, 3.8) is 0 Å². The van der Waals surface area contributed by atoms with Gasteiger partial charge in [-0.15, -0.1) is 0 Å². The molecule has 0 unspecified atom stereocenters. The van der Waals surface area contributed by atoms with Gasteiger partial charge in [-0.3, -0.25) is 0 Å². The maximum Gasteiger partial charge on any atom is 0.370 e. The molecular weight excluding hydrogens is 190 g/mol. The molecule has 1 aromatic heterocycles. The zero-order valence-corrected chi connectivity index (χ0v) is 8.43. The molecule has 0 saturated heterocycles. The molecule has 0 spiro atoms. The molecule has 0 fully saturated rings. The van der Waals surface area contributed by atoms with Gasteiger partial charge in [0.1, 0.15) is 11.8 Å². The summed E-state index contributed by atoms with van der Waals surface area (Å²) < 4.78 is 4.66. The van der Waals surface area contributed by atoms with Crippen LogP contribution < -0.4 is 0 Å². The Kier molecular flexibility index (Phi) is 4.68. The van der Waals surface area contributed by atoms with Gasteiger partial charge in [0.15, 0.2) is 0 Å². The average molecular weight is 201 g/mol. The molecule has 0 amide bonds. The van der Waals surface area contributed by atoms with Gasteiger partial charge < -0.3 is 4.74 Å². The normalized spacial score (nSPS) is 9.40. The molecule has 0 aliphatic carbocycles. The largest absolute Gasteiger partial charge is 0.370 e. The molecule has 1 heterocycles. The van der Waals surface area contributed by atoms with Gasteiger partial charge in [-0.05, 0) is 30.6 Å². The molecule has 0 aliphatic rings. The van der Waals surface area contributed by atoms with Crippen molar-refractivity contribution in [2.24, 2.45) is 0 Å². The highest BCUT2D eigenvalue weighted by molar-refractivity contribution is 5.87. The summed E-state index contributed by atoms with van der Waals surface area (Å²) in [5, 5.41) is 0. The van der Waals surface area contributed by atoms with E-state index in [1.54, 1.807) is 24.3 Å². The van der Waals surface area contributed by atoms with Crippen molar-refractivity contribution in [1.82, 2.24) is 4.98 Å². The van der Waals surface area contributed by atoms with E-state index in [0.717, 1.165) is 6.42 Å². The van der Waals surface area contributed by atoms with Crippen LogP contribution in [-0.2, 0) is 4.74 Å². The second-order valence-corrected chi connectivity index (χ2v) is 2.66. The molecule has 15 heavy (non-hydrogen) atoms. The minimum Gasteiger partial charge on any atom is -0.367 e. The number of pyridine rings is 1. The van der Waals surface area contributed by atoms with E-state index in [2.05, 4.69) is 21.7 Å². The Bertz CT molecular complexity index is 399. The monoisotopic (exact) mass is 201 g/mol. The Hall–Kier alpha value is -2.08. The van der Waals surface area contributed by atoms with Crippen molar-refractivity contribution in [2.75, 3.05) is 0 Å². The Morgan fingerprint density at radius 2 is 2.47 bits per heavy atom. The number of hydrogen-bond acceptors (Lipinski definition) is 3. The number of carbonyl (C=O) groups excluding carboxylic acids is 1. The fraction of sp³-hybridized carbons (Fsp3) is 0.167. The third-order valence-electron chi connectivity index (χ3n) is 1.51. The molecule has 1 aromatic rings. The van der Waals surface area contributed by atoms with E-state index >= 15 is 0 Å². The molecule has 0 bridgehead atoms. The lowest BCUT2D eigenvalue weighted by Gasteiger charge is -1.93. The van der Waals surface area contributed by atoms with Crippen LogP contribution in [0.15, 0.2) is 36.5 Å². The summed E-state index contributed by atoms with van der Waals surface area (Å²) in [5.74, 6) is 2.05. The van der Waals surface area contributed by atoms with E-state index in [4.69, 9.17) is 0 Å². The first-order valence-electron chi connectivity index (χ1n) is 4.62. The zero-order chi connectivity index (χ0) is 10.9. The topological polar surface area (TPSA) is 39.2 Å². The van der Waals surface area contributed by atoms with E-state index in [1.807, 2.05) is 13.0 Å². The van der Waals surface area contributed by atoms with Crippen LogP contribution in [0.2, 0.25) is 0 Å². The average Bonchev–Trinajstić information content (AvgIpc) is 2.30. The van der Waals surface area contributed by atoms with Gasteiger partial charge in [0.25, 0.3) is 0 Å². The number of hydrogen-bond donors (Lipinski definition) is 0. The smallest absolute Gasteiger partial charge is 0.367 e. The number of allylic oxidation sites excluding steroid dienone is 2. The first-order chi connectivity index (χ1) is 7.34. The maximum atomic E-state index is 11.3. The molecule has 0 aliphatic heterocycles. The van der Waals surface area contributed by atoms with Crippen molar-refractivity contribution in [2.45, 2.75) is 13.3 Å². The van der Waals surface area contributed by atoms with Crippen LogP contribution in [0.5, 0.6) is 0 Å². The van der Waals surface area contributed by atoms with Gasteiger partial charge in [-0.2, -0.15) is 0 Å². The van der Waals surface area contributed by atoms with E-state index in [9.17, 15) is 4.79 Å². The third-order valence-corrected chi connectivity index (χ3v) is 1.51. The Balaban J connectivity index is 2.49. The molecule has 0 radical (unpaired) electrons. The zero-order valence-electron chi connectivity index (χ0n) is 8.43. The summed E-state index contributed by atoms with van der Waals surface area (Å²) in [6, 6.07) is 5.02. The number of aromatic nitrogens is 1. The fourth-order valence-electron chi connectivity index (χ4n) is 0.822. The van der Waals surface area contributed by atoms with Crippen molar-refractivity contribution < 1.29 is 9.53 Å². The minimum atomic E-state index is -0.534. The number of nitrogens with zero attached hydrogens (tertiary/aromatic N) is 1. The van der Waals surface area contributed by atoms with Gasteiger partial charge in [0, 0.05) is 6.20 Å². The SMILES string of the molecule is CC/C=C/C#COC(=O)c1ccccn1. The van der Waals surface area contributed by atoms with Crippen LogP contribution in [0.25, 0.3) is 0 Å². The molecule has 3 nitrogen and oxygen atoms in total. The highest BCUT2D eigenvalue weighted by atomic mass is 16.5. The molecular formula is C12H11NO2. The van der Waals surface area contributed by atoms with E-state index < -0.39 is 5.97 Å². The van der Waals surface area contributed by atoms with Crippen LogP contribution in [0.3, 0.4) is 0 Å². The summed E-state index contributed by atoms with van der Waals surface area (Å²) in [5.41, 5.74) is 0.256. The molecule has 76 valence electrons. The minimum absolute atomic E-state index is 0.256. The number of carbonyl (C=O) groups is 1.